The van der Waals surface area contributed by atoms with Gasteiger partial charge in [0.15, 0.2) is 0 Å². The van der Waals surface area contributed by atoms with Crippen LogP contribution in [0.5, 0.6) is 5.75 Å². The van der Waals surface area contributed by atoms with Crippen LogP contribution < -0.4 is 26.2 Å². The minimum absolute atomic E-state index is 0.0710. The Kier molecular flexibility index (Phi) is 6.94. The summed E-state index contributed by atoms with van der Waals surface area (Å²) < 4.78 is 6.59. The van der Waals surface area contributed by atoms with Crippen molar-refractivity contribution in [2.24, 2.45) is 0 Å². The van der Waals surface area contributed by atoms with E-state index in [1.807, 2.05) is 38.1 Å². The van der Waals surface area contributed by atoms with E-state index in [1.165, 1.54) is 17.7 Å². The Morgan fingerprint density at radius 1 is 0.875 bits per heavy atom. The Hall–Kier alpha value is -4.07. The maximum Gasteiger partial charge on any atom is 0.323 e. The van der Waals surface area contributed by atoms with Gasteiger partial charge in [-0.3, -0.25) is 9.59 Å². The molecule has 0 atom stereocenters. The predicted molar refractivity (Wildman–Crippen MR) is 126 cm³/mol. The fourth-order valence-electron chi connectivity index (χ4n) is 3.22. The molecule has 0 unspecified atom stereocenters. The summed E-state index contributed by atoms with van der Waals surface area (Å²) in [4.78, 5) is 37.9. The number of pyridine rings is 1. The van der Waals surface area contributed by atoms with Crippen molar-refractivity contribution >= 4 is 29.0 Å². The van der Waals surface area contributed by atoms with E-state index in [4.69, 9.17) is 4.74 Å². The van der Waals surface area contributed by atoms with Crippen molar-refractivity contribution < 1.29 is 14.3 Å². The summed E-state index contributed by atoms with van der Waals surface area (Å²) in [6.45, 7) is 5.33. The zero-order valence-electron chi connectivity index (χ0n) is 18.5. The molecular weight excluding hydrogens is 408 g/mol. The van der Waals surface area contributed by atoms with Crippen LogP contribution in [0.3, 0.4) is 0 Å². The molecular formula is C24H26N4O4. The molecule has 0 fully saturated rings. The monoisotopic (exact) mass is 434 g/mol. The highest BCUT2D eigenvalue weighted by atomic mass is 16.5. The number of urea groups is 1. The summed E-state index contributed by atoms with van der Waals surface area (Å²) in [6.07, 6.45) is 0. The Labute approximate surface area is 186 Å². The molecule has 0 saturated carbocycles. The summed E-state index contributed by atoms with van der Waals surface area (Å²) in [5.41, 5.74) is 3.27. The number of anilines is 3. The van der Waals surface area contributed by atoms with Gasteiger partial charge in [-0.15, -0.1) is 0 Å². The van der Waals surface area contributed by atoms with Crippen LogP contribution in [0.4, 0.5) is 21.9 Å². The van der Waals surface area contributed by atoms with Crippen LogP contribution in [0, 0.1) is 20.8 Å². The lowest BCUT2D eigenvalue weighted by atomic mass is 10.2. The third-order valence-electron chi connectivity index (χ3n) is 4.85. The molecule has 166 valence electrons. The van der Waals surface area contributed by atoms with Gasteiger partial charge in [0.05, 0.1) is 12.8 Å². The number of rotatable bonds is 6. The van der Waals surface area contributed by atoms with Crippen LogP contribution in [0.1, 0.15) is 16.8 Å². The normalized spacial score (nSPS) is 10.4. The standard InChI is InChI=1S/C24H26N4O4/c1-15-6-5-7-18(12-15)25-24(31)27-19-10-9-17(3)28(23(19)30)14-22(29)26-20-13-16(2)8-11-21(20)32-4/h5-13H,14H2,1-4H3,(H,26,29)(H2,25,27,31). The highest BCUT2D eigenvalue weighted by Crippen LogP contribution is 2.25. The Bertz CT molecular complexity index is 1220. The van der Waals surface area contributed by atoms with E-state index in [9.17, 15) is 14.4 Å². The van der Waals surface area contributed by atoms with Crippen LogP contribution >= 0.6 is 0 Å². The van der Waals surface area contributed by atoms with Gasteiger partial charge in [0.1, 0.15) is 18.0 Å². The number of nitrogens with zero attached hydrogens (tertiary/aromatic N) is 1. The van der Waals surface area contributed by atoms with E-state index in [-0.39, 0.29) is 18.1 Å². The van der Waals surface area contributed by atoms with Crippen LogP contribution in [-0.4, -0.2) is 23.6 Å². The molecule has 3 rings (SSSR count). The van der Waals surface area contributed by atoms with Gasteiger partial charge in [0.25, 0.3) is 5.56 Å². The predicted octanol–water partition coefficient (Wildman–Crippen LogP) is 4.06. The average molecular weight is 434 g/mol. The third-order valence-corrected chi connectivity index (χ3v) is 4.85. The van der Waals surface area contributed by atoms with E-state index in [2.05, 4.69) is 16.0 Å². The molecule has 0 aliphatic rings. The van der Waals surface area contributed by atoms with Crippen molar-refractivity contribution in [3.63, 3.8) is 0 Å². The second kappa shape index (κ2) is 9.82. The van der Waals surface area contributed by atoms with E-state index in [1.54, 1.807) is 31.2 Å². The minimum Gasteiger partial charge on any atom is -0.495 e. The van der Waals surface area contributed by atoms with Crippen molar-refractivity contribution in [3.8, 4) is 5.75 Å². The van der Waals surface area contributed by atoms with Gasteiger partial charge in [-0.05, 0) is 68.3 Å². The summed E-state index contributed by atoms with van der Waals surface area (Å²) in [6, 6.07) is 15.4. The number of amides is 3. The fraction of sp³-hybridized carbons (Fsp3) is 0.208. The van der Waals surface area contributed by atoms with Crippen LogP contribution in [0.15, 0.2) is 59.4 Å². The lowest BCUT2D eigenvalue weighted by molar-refractivity contribution is -0.116. The number of methoxy groups -OCH3 is 1. The molecule has 0 aliphatic carbocycles. The van der Waals surface area contributed by atoms with Crippen LogP contribution in [0.25, 0.3) is 0 Å². The Morgan fingerprint density at radius 3 is 2.34 bits per heavy atom. The van der Waals surface area contributed by atoms with E-state index >= 15 is 0 Å². The molecule has 2 aromatic carbocycles. The summed E-state index contributed by atoms with van der Waals surface area (Å²) in [7, 11) is 1.52. The van der Waals surface area contributed by atoms with E-state index in [0.717, 1.165) is 11.1 Å². The average Bonchev–Trinajstić information content (AvgIpc) is 2.73. The van der Waals surface area contributed by atoms with Crippen molar-refractivity contribution in [1.82, 2.24) is 4.57 Å². The maximum absolute atomic E-state index is 12.9. The molecule has 3 N–H and O–H groups in total. The first kappa shape index (κ1) is 22.6. The number of nitrogens with one attached hydrogen (secondary N) is 3. The molecule has 32 heavy (non-hydrogen) atoms. The molecule has 0 aliphatic heterocycles. The first-order valence-corrected chi connectivity index (χ1v) is 10.1. The molecule has 0 radical (unpaired) electrons. The Morgan fingerprint density at radius 2 is 1.62 bits per heavy atom. The number of carbonyl (C=O) groups is 2. The second-order valence-corrected chi connectivity index (χ2v) is 7.48. The van der Waals surface area contributed by atoms with Crippen molar-refractivity contribution in [3.05, 3.63) is 81.8 Å². The zero-order valence-corrected chi connectivity index (χ0v) is 18.5. The van der Waals surface area contributed by atoms with Gasteiger partial charge in [0.2, 0.25) is 5.91 Å². The number of ether oxygens (including phenoxy) is 1. The largest absolute Gasteiger partial charge is 0.495 e. The van der Waals surface area contributed by atoms with Crippen LogP contribution in [-0.2, 0) is 11.3 Å². The second-order valence-electron chi connectivity index (χ2n) is 7.48. The van der Waals surface area contributed by atoms with Gasteiger partial charge < -0.3 is 25.3 Å². The molecule has 3 aromatic rings. The van der Waals surface area contributed by atoms with Gasteiger partial charge >= 0.3 is 6.03 Å². The quantitative estimate of drug-likeness (QED) is 0.544. The topological polar surface area (TPSA) is 101 Å². The highest BCUT2D eigenvalue weighted by Gasteiger charge is 2.14. The third kappa shape index (κ3) is 5.54. The number of carbonyl (C=O) groups excluding carboxylic acids is 2. The molecule has 8 nitrogen and oxygen atoms in total. The van der Waals surface area contributed by atoms with Crippen molar-refractivity contribution in [1.29, 1.82) is 0 Å². The summed E-state index contributed by atoms with van der Waals surface area (Å²) in [5.74, 6) is 0.136. The molecule has 1 heterocycles. The Balaban J connectivity index is 1.75. The minimum atomic E-state index is -0.544. The lowest BCUT2D eigenvalue weighted by Crippen LogP contribution is -2.32. The molecule has 0 spiro atoms. The van der Waals surface area contributed by atoms with Gasteiger partial charge in [-0.1, -0.05) is 18.2 Å². The SMILES string of the molecule is COc1ccc(C)cc1NC(=O)Cn1c(C)ccc(NC(=O)Nc2cccc(C)c2)c1=O. The number of aryl methyl sites for hydroxylation is 3. The van der Waals surface area contributed by atoms with E-state index < -0.39 is 11.6 Å². The lowest BCUT2D eigenvalue weighted by Gasteiger charge is -2.15. The highest BCUT2D eigenvalue weighted by molar-refractivity contribution is 5.99. The maximum atomic E-state index is 12.9. The first-order chi connectivity index (χ1) is 15.3. The summed E-state index contributed by atoms with van der Waals surface area (Å²) >= 11 is 0. The van der Waals surface area contributed by atoms with Crippen LogP contribution in [0.2, 0.25) is 0 Å². The molecule has 0 bridgehead atoms. The smallest absolute Gasteiger partial charge is 0.323 e. The summed E-state index contributed by atoms with van der Waals surface area (Å²) in [5, 5.41) is 8.03. The molecule has 0 saturated heterocycles. The fourth-order valence-corrected chi connectivity index (χ4v) is 3.22. The van der Waals surface area contributed by atoms with Gasteiger partial charge in [0, 0.05) is 11.4 Å². The molecule has 1 aromatic heterocycles. The molecule has 3 amide bonds. The van der Waals surface area contributed by atoms with Crippen molar-refractivity contribution in [2.75, 3.05) is 23.1 Å². The first-order valence-electron chi connectivity index (χ1n) is 10.1. The van der Waals surface area contributed by atoms with Crippen molar-refractivity contribution in [2.45, 2.75) is 27.3 Å². The number of aromatic nitrogens is 1. The number of hydrogen-bond acceptors (Lipinski definition) is 4. The van der Waals surface area contributed by atoms with E-state index in [0.29, 0.717) is 22.8 Å². The number of benzene rings is 2. The zero-order chi connectivity index (χ0) is 23.3. The van der Waals surface area contributed by atoms with Gasteiger partial charge in [-0.25, -0.2) is 4.79 Å². The molecule has 8 heteroatoms. The number of hydrogen-bond donors (Lipinski definition) is 3. The van der Waals surface area contributed by atoms with Gasteiger partial charge in [-0.2, -0.15) is 0 Å².